The highest BCUT2D eigenvalue weighted by molar-refractivity contribution is 5.75. The van der Waals surface area contributed by atoms with Crippen molar-refractivity contribution in [2.45, 2.75) is 19.8 Å². The molecule has 5 heteroatoms. The molecule has 1 saturated carbocycles. The van der Waals surface area contributed by atoms with Gasteiger partial charge in [-0.15, -0.1) is 0 Å². The van der Waals surface area contributed by atoms with Gasteiger partial charge in [0.05, 0.1) is 6.42 Å². The van der Waals surface area contributed by atoms with E-state index in [1.54, 1.807) is 11.9 Å². The number of aliphatic carboxylic acids is 1. The van der Waals surface area contributed by atoms with Crippen LogP contribution >= 0.6 is 0 Å². The third kappa shape index (κ3) is 4.18. The first-order valence-electron chi connectivity index (χ1n) is 5.21. The highest BCUT2D eigenvalue weighted by Gasteiger charge is 2.34. The molecule has 2 atom stereocenters. The van der Waals surface area contributed by atoms with Crippen molar-refractivity contribution in [3.8, 4) is 0 Å². The fraction of sp³-hybridized carbons (Fsp3) is 0.800. The van der Waals surface area contributed by atoms with Crippen LogP contribution in [0.15, 0.2) is 0 Å². The molecule has 2 N–H and O–H groups in total. The zero-order valence-corrected chi connectivity index (χ0v) is 9.19. The number of carbonyl (C=O) groups is 2. The summed E-state index contributed by atoms with van der Waals surface area (Å²) in [5.41, 5.74) is 0. The zero-order valence-electron chi connectivity index (χ0n) is 9.19. The number of nitrogens with one attached hydrogen (secondary N) is 1. The first-order chi connectivity index (χ1) is 7.00. The van der Waals surface area contributed by atoms with Gasteiger partial charge >= 0.3 is 12.0 Å². The molecule has 1 aliphatic rings. The monoisotopic (exact) mass is 214 g/mol. The summed E-state index contributed by atoms with van der Waals surface area (Å²) in [4.78, 5) is 23.3. The van der Waals surface area contributed by atoms with Crippen LogP contribution in [-0.4, -0.2) is 42.1 Å². The molecule has 0 spiro atoms. The van der Waals surface area contributed by atoms with Gasteiger partial charge in [0, 0.05) is 20.1 Å². The molecule has 1 fully saturated rings. The van der Waals surface area contributed by atoms with E-state index >= 15 is 0 Å². The number of carboxylic acid groups (broad SMARTS) is 1. The number of hydrogen-bond acceptors (Lipinski definition) is 2. The van der Waals surface area contributed by atoms with Crippen molar-refractivity contribution >= 4 is 12.0 Å². The number of rotatable bonds is 5. The van der Waals surface area contributed by atoms with Gasteiger partial charge in [-0.1, -0.05) is 6.92 Å². The average molecular weight is 214 g/mol. The fourth-order valence-corrected chi connectivity index (χ4v) is 1.50. The average Bonchev–Trinajstić information content (AvgIpc) is 2.80. The molecule has 0 aromatic carbocycles. The van der Waals surface area contributed by atoms with E-state index in [0.29, 0.717) is 5.92 Å². The second-order valence-electron chi connectivity index (χ2n) is 4.23. The summed E-state index contributed by atoms with van der Waals surface area (Å²) in [7, 11) is 1.74. The Hall–Kier alpha value is -1.26. The molecule has 0 bridgehead atoms. The van der Waals surface area contributed by atoms with Crippen LogP contribution in [0.5, 0.6) is 0 Å². The van der Waals surface area contributed by atoms with E-state index in [0.717, 1.165) is 12.5 Å². The molecule has 2 unspecified atom stereocenters. The van der Waals surface area contributed by atoms with E-state index in [-0.39, 0.29) is 19.0 Å². The molecule has 15 heavy (non-hydrogen) atoms. The standard InChI is InChI=1S/C10H18N2O3/c1-7-5-8(7)6-12(2)10(15)11-4-3-9(13)14/h7-8H,3-6H2,1-2H3,(H,11,15)(H,13,14). The lowest BCUT2D eigenvalue weighted by Crippen LogP contribution is -2.39. The van der Waals surface area contributed by atoms with Gasteiger partial charge in [0.1, 0.15) is 0 Å². The maximum atomic E-state index is 11.4. The summed E-state index contributed by atoms with van der Waals surface area (Å²) in [6, 6.07) is -0.185. The van der Waals surface area contributed by atoms with E-state index in [1.165, 1.54) is 6.42 Å². The van der Waals surface area contributed by atoms with Crippen molar-refractivity contribution < 1.29 is 14.7 Å². The van der Waals surface area contributed by atoms with Crippen LogP contribution in [0.25, 0.3) is 0 Å². The van der Waals surface area contributed by atoms with E-state index in [9.17, 15) is 9.59 Å². The Labute approximate surface area is 89.4 Å². The van der Waals surface area contributed by atoms with Crippen molar-refractivity contribution in [2.75, 3.05) is 20.1 Å². The molecule has 0 radical (unpaired) electrons. The maximum absolute atomic E-state index is 11.4. The molecule has 86 valence electrons. The van der Waals surface area contributed by atoms with Gasteiger partial charge in [-0.3, -0.25) is 4.79 Å². The number of hydrogen-bond donors (Lipinski definition) is 2. The van der Waals surface area contributed by atoms with Gasteiger partial charge in [0.25, 0.3) is 0 Å². The Kier molecular flexibility index (Phi) is 3.94. The fourth-order valence-electron chi connectivity index (χ4n) is 1.50. The van der Waals surface area contributed by atoms with Crippen molar-refractivity contribution in [1.82, 2.24) is 10.2 Å². The Balaban J connectivity index is 2.12. The number of carboxylic acids is 1. The quantitative estimate of drug-likeness (QED) is 0.709. The summed E-state index contributed by atoms with van der Waals surface area (Å²) in [6.07, 6.45) is 1.16. The number of carbonyl (C=O) groups excluding carboxylic acids is 1. The van der Waals surface area contributed by atoms with Crippen LogP contribution in [0.2, 0.25) is 0 Å². The molecule has 0 aromatic heterocycles. The summed E-state index contributed by atoms with van der Waals surface area (Å²) in [6.45, 7) is 3.12. The Morgan fingerprint density at radius 3 is 2.60 bits per heavy atom. The molecule has 5 nitrogen and oxygen atoms in total. The second-order valence-corrected chi connectivity index (χ2v) is 4.23. The predicted molar refractivity (Wildman–Crippen MR) is 55.6 cm³/mol. The highest BCUT2D eigenvalue weighted by Crippen LogP contribution is 2.37. The molecule has 0 aliphatic heterocycles. The van der Waals surface area contributed by atoms with Crippen molar-refractivity contribution in [3.63, 3.8) is 0 Å². The van der Waals surface area contributed by atoms with Gasteiger partial charge < -0.3 is 15.3 Å². The van der Waals surface area contributed by atoms with E-state index in [1.807, 2.05) is 0 Å². The van der Waals surface area contributed by atoms with Crippen LogP contribution in [-0.2, 0) is 4.79 Å². The molecular weight excluding hydrogens is 196 g/mol. The van der Waals surface area contributed by atoms with Crippen molar-refractivity contribution in [2.24, 2.45) is 11.8 Å². The summed E-state index contributed by atoms with van der Waals surface area (Å²) >= 11 is 0. The molecule has 1 aliphatic carbocycles. The van der Waals surface area contributed by atoms with Gasteiger partial charge in [0.15, 0.2) is 0 Å². The van der Waals surface area contributed by atoms with E-state index in [4.69, 9.17) is 5.11 Å². The molecule has 2 amide bonds. The molecule has 1 rings (SSSR count). The topological polar surface area (TPSA) is 69.6 Å². The lowest BCUT2D eigenvalue weighted by Gasteiger charge is -2.17. The van der Waals surface area contributed by atoms with Crippen LogP contribution < -0.4 is 5.32 Å². The largest absolute Gasteiger partial charge is 0.481 e. The Bertz CT molecular complexity index is 255. The summed E-state index contributed by atoms with van der Waals surface area (Å²) in [5, 5.41) is 11.0. The first-order valence-corrected chi connectivity index (χ1v) is 5.21. The zero-order chi connectivity index (χ0) is 11.4. The minimum Gasteiger partial charge on any atom is -0.481 e. The lowest BCUT2D eigenvalue weighted by molar-refractivity contribution is -0.136. The minimum atomic E-state index is -0.895. The predicted octanol–water partition coefficient (Wildman–Crippen LogP) is 0.758. The minimum absolute atomic E-state index is 0.0284. The lowest BCUT2D eigenvalue weighted by atomic mass is 10.3. The number of nitrogens with zero attached hydrogens (tertiary/aromatic N) is 1. The Morgan fingerprint density at radius 1 is 1.53 bits per heavy atom. The molecular formula is C10H18N2O3. The third-order valence-corrected chi connectivity index (χ3v) is 2.75. The third-order valence-electron chi connectivity index (χ3n) is 2.75. The van der Waals surface area contributed by atoms with E-state index < -0.39 is 5.97 Å². The molecule has 0 heterocycles. The SMILES string of the molecule is CC1CC1CN(C)C(=O)NCCC(=O)O. The molecule has 0 aromatic rings. The van der Waals surface area contributed by atoms with Crippen molar-refractivity contribution in [1.29, 1.82) is 0 Å². The van der Waals surface area contributed by atoms with Crippen LogP contribution in [0.4, 0.5) is 4.79 Å². The van der Waals surface area contributed by atoms with Gasteiger partial charge in [-0.2, -0.15) is 0 Å². The highest BCUT2D eigenvalue weighted by atomic mass is 16.4. The van der Waals surface area contributed by atoms with Gasteiger partial charge in [-0.05, 0) is 18.3 Å². The van der Waals surface area contributed by atoms with E-state index in [2.05, 4.69) is 12.2 Å². The number of urea groups is 1. The smallest absolute Gasteiger partial charge is 0.317 e. The van der Waals surface area contributed by atoms with Crippen LogP contribution in [0, 0.1) is 11.8 Å². The summed E-state index contributed by atoms with van der Waals surface area (Å²) < 4.78 is 0. The van der Waals surface area contributed by atoms with Gasteiger partial charge in [-0.25, -0.2) is 4.79 Å². The maximum Gasteiger partial charge on any atom is 0.317 e. The van der Waals surface area contributed by atoms with Crippen LogP contribution in [0.1, 0.15) is 19.8 Å². The molecule has 0 saturated heterocycles. The Morgan fingerprint density at radius 2 is 2.13 bits per heavy atom. The normalized spacial score (nSPS) is 23.3. The summed E-state index contributed by atoms with van der Waals surface area (Å²) in [5.74, 6) is 0.452. The second kappa shape index (κ2) is 5.00. The van der Waals surface area contributed by atoms with Crippen LogP contribution in [0.3, 0.4) is 0 Å². The van der Waals surface area contributed by atoms with Gasteiger partial charge in [0.2, 0.25) is 0 Å². The number of amides is 2. The first kappa shape index (κ1) is 11.8. The van der Waals surface area contributed by atoms with Crippen molar-refractivity contribution in [3.05, 3.63) is 0 Å².